The van der Waals surface area contributed by atoms with Crippen molar-refractivity contribution in [3.63, 3.8) is 0 Å². The number of amides is 1. The highest BCUT2D eigenvalue weighted by molar-refractivity contribution is 7.10. The van der Waals surface area contributed by atoms with Gasteiger partial charge in [0.25, 0.3) is 0 Å². The van der Waals surface area contributed by atoms with Crippen molar-refractivity contribution in [2.75, 3.05) is 6.61 Å². The number of rotatable bonds is 5. The van der Waals surface area contributed by atoms with E-state index < -0.39 is 5.92 Å². The van der Waals surface area contributed by atoms with Gasteiger partial charge in [0.2, 0.25) is 5.91 Å². The van der Waals surface area contributed by atoms with Gasteiger partial charge in [0.05, 0.1) is 12.5 Å². The van der Waals surface area contributed by atoms with Crippen LogP contribution in [0.4, 0.5) is 0 Å². The van der Waals surface area contributed by atoms with Crippen LogP contribution in [-0.2, 0) is 11.3 Å². The van der Waals surface area contributed by atoms with Crippen molar-refractivity contribution >= 4 is 17.2 Å². The van der Waals surface area contributed by atoms with Gasteiger partial charge in [-0.15, -0.1) is 11.3 Å². The third-order valence-corrected chi connectivity index (χ3v) is 3.56. The fourth-order valence-electron chi connectivity index (χ4n) is 1.61. The molecule has 0 fully saturated rings. The standard InChI is InChI=1S/C13H14N2O2S/c16-9-11(12-4-2-6-18-12)13(17)15-8-10-3-1-5-14-7-10/h1-7,11,16H,8-9H2,(H,15,17)/t11-/m0/s1. The molecule has 0 unspecified atom stereocenters. The van der Waals surface area contributed by atoms with Crippen molar-refractivity contribution in [1.82, 2.24) is 10.3 Å². The number of aromatic nitrogens is 1. The highest BCUT2D eigenvalue weighted by atomic mass is 32.1. The summed E-state index contributed by atoms with van der Waals surface area (Å²) in [5, 5.41) is 14.0. The van der Waals surface area contributed by atoms with E-state index in [0.29, 0.717) is 6.54 Å². The van der Waals surface area contributed by atoms with E-state index in [9.17, 15) is 9.90 Å². The Balaban J connectivity index is 1.95. The number of carbonyl (C=O) groups excluding carboxylic acids is 1. The molecule has 5 heteroatoms. The van der Waals surface area contributed by atoms with Gasteiger partial charge in [-0.25, -0.2) is 0 Å². The highest BCUT2D eigenvalue weighted by Crippen LogP contribution is 2.20. The number of nitrogens with one attached hydrogen (secondary N) is 1. The lowest BCUT2D eigenvalue weighted by atomic mass is 10.1. The van der Waals surface area contributed by atoms with Crippen LogP contribution in [0.15, 0.2) is 42.0 Å². The second kappa shape index (κ2) is 6.28. The van der Waals surface area contributed by atoms with Crippen LogP contribution >= 0.6 is 11.3 Å². The van der Waals surface area contributed by atoms with Gasteiger partial charge in [-0.2, -0.15) is 0 Å². The molecule has 0 bridgehead atoms. The van der Waals surface area contributed by atoms with Crippen molar-refractivity contribution in [1.29, 1.82) is 0 Å². The lowest BCUT2D eigenvalue weighted by Crippen LogP contribution is -2.30. The molecular formula is C13H14N2O2S. The molecule has 0 aromatic carbocycles. The number of hydrogen-bond donors (Lipinski definition) is 2. The summed E-state index contributed by atoms with van der Waals surface area (Å²) in [5.74, 6) is -0.648. The number of thiophene rings is 1. The average molecular weight is 262 g/mol. The molecule has 2 rings (SSSR count). The molecule has 2 heterocycles. The molecule has 0 aliphatic carbocycles. The molecule has 1 atom stereocenters. The second-order valence-corrected chi connectivity index (χ2v) is 4.81. The van der Waals surface area contributed by atoms with Gasteiger partial charge < -0.3 is 10.4 Å². The van der Waals surface area contributed by atoms with Gasteiger partial charge in [0, 0.05) is 23.8 Å². The normalized spacial score (nSPS) is 12.1. The van der Waals surface area contributed by atoms with Crippen LogP contribution < -0.4 is 5.32 Å². The molecule has 2 N–H and O–H groups in total. The van der Waals surface area contributed by atoms with E-state index in [2.05, 4.69) is 10.3 Å². The van der Waals surface area contributed by atoms with E-state index in [1.807, 2.05) is 29.6 Å². The highest BCUT2D eigenvalue weighted by Gasteiger charge is 2.20. The first-order valence-electron chi connectivity index (χ1n) is 5.62. The quantitative estimate of drug-likeness (QED) is 0.859. The van der Waals surface area contributed by atoms with Crippen LogP contribution in [0.5, 0.6) is 0 Å². The molecule has 1 amide bonds. The molecule has 0 spiro atoms. The molecule has 18 heavy (non-hydrogen) atoms. The average Bonchev–Trinajstić information content (AvgIpc) is 2.92. The fraction of sp³-hybridized carbons (Fsp3) is 0.231. The number of nitrogens with zero attached hydrogens (tertiary/aromatic N) is 1. The third-order valence-electron chi connectivity index (χ3n) is 2.58. The van der Waals surface area contributed by atoms with E-state index in [-0.39, 0.29) is 12.5 Å². The van der Waals surface area contributed by atoms with Crippen LogP contribution in [-0.4, -0.2) is 22.6 Å². The van der Waals surface area contributed by atoms with Crippen LogP contribution in [0, 0.1) is 0 Å². The summed E-state index contributed by atoms with van der Waals surface area (Å²) < 4.78 is 0. The predicted molar refractivity (Wildman–Crippen MR) is 70.2 cm³/mol. The molecular weight excluding hydrogens is 248 g/mol. The Morgan fingerprint density at radius 3 is 2.94 bits per heavy atom. The first-order valence-corrected chi connectivity index (χ1v) is 6.50. The van der Waals surface area contributed by atoms with Gasteiger partial charge >= 0.3 is 0 Å². The summed E-state index contributed by atoms with van der Waals surface area (Å²) in [6.07, 6.45) is 3.40. The number of aliphatic hydroxyl groups excluding tert-OH is 1. The topological polar surface area (TPSA) is 62.2 Å². The van der Waals surface area contributed by atoms with Crippen LogP contribution in [0.25, 0.3) is 0 Å². The molecule has 2 aromatic heterocycles. The first kappa shape index (κ1) is 12.7. The Morgan fingerprint density at radius 1 is 1.44 bits per heavy atom. The summed E-state index contributed by atoms with van der Waals surface area (Å²) in [7, 11) is 0. The minimum absolute atomic E-state index is 0.163. The van der Waals surface area contributed by atoms with E-state index in [4.69, 9.17) is 0 Å². The van der Waals surface area contributed by atoms with Crippen molar-refractivity contribution < 1.29 is 9.90 Å². The predicted octanol–water partition coefficient (Wildman–Crippen LogP) is 1.54. The number of carbonyl (C=O) groups is 1. The number of aliphatic hydroxyl groups is 1. The van der Waals surface area contributed by atoms with Crippen molar-refractivity contribution in [2.45, 2.75) is 12.5 Å². The molecule has 2 aromatic rings. The SMILES string of the molecule is O=C(NCc1cccnc1)[C@@H](CO)c1cccs1. The molecule has 0 saturated heterocycles. The number of hydrogen-bond acceptors (Lipinski definition) is 4. The van der Waals surface area contributed by atoms with Gasteiger partial charge in [0.1, 0.15) is 0 Å². The minimum Gasteiger partial charge on any atom is -0.395 e. The van der Waals surface area contributed by atoms with Gasteiger partial charge in [0.15, 0.2) is 0 Å². The van der Waals surface area contributed by atoms with Gasteiger partial charge in [-0.1, -0.05) is 12.1 Å². The van der Waals surface area contributed by atoms with Crippen molar-refractivity contribution in [2.24, 2.45) is 0 Å². The Bertz CT molecular complexity index is 485. The molecule has 0 aliphatic rings. The lowest BCUT2D eigenvalue weighted by Gasteiger charge is -2.12. The maximum Gasteiger partial charge on any atom is 0.230 e. The maximum atomic E-state index is 12.0. The first-order chi connectivity index (χ1) is 8.81. The second-order valence-electron chi connectivity index (χ2n) is 3.83. The third kappa shape index (κ3) is 3.15. The fourth-order valence-corrected chi connectivity index (χ4v) is 2.42. The van der Waals surface area contributed by atoms with Gasteiger partial charge in [-0.3, -0.25) is 9.78 Å². The molecule has 0 radical (unpaired) electrons. The Hall–Kier alpha value is -1.72. The van der Waals surface area contributed by atoms with Gasteiger partial charge in [-0.05, 0) is 23.1 Å². The van der Waals surface area contributed by atoms with E-state index >= 15 is 0 Å². The van der Waals surface area contributed by atoms with E-state index in [1.165, 1.54) is 11.3 Å². The molecule has 4 nitrogen and oxygen atoms in total. The summed E-state index contributed by atoms with van der Waals surface area (Å²) in [6, 6.07) is 7.45. The molecule has 0 aliphatic heterocycles. The zero-order valence-electron chi connectivity index (χ0n) is 9.74. The Morgan fingerprint density at radius 2 is 2.33 bits per heavy atom. The Labute approximate surface area is 109 Å². The lowest BCUT2D eigenvalue weighted by molar-refractivity contribution is -0.123. The zero-order valence-corrected chi connectivity index (χ0v) is 10.6. The maximum absolute atomic E-state index is 12.0. The zero-order chi connectivity index (χ0) is 12.8. The van der Waals surface area contributed by atoms with Crippen LogP contribution in [0.2, 0.25) is 0 Å². The number of pyridine rings is 1. The minimum atomic E-state index is -0.485. The Kier molecular flexibility index (Phi) is 4.44. The van der Waals surface area contributed by atoms with Crippen LogP contribution in [0.3, 0.4) is 0 Å². The summed E-state index contributed by atoms with van der Waals surface area (Å²) >= 11 is 1.47. The smallest absolute Gasteiger partial charge is 0.230 e. The van der Waals surface area contributed by atoms with Crippen molar-refractivity contribution in [3.05, 3.63) is 52.5 Å². The van der Waals surface area contributed by atoms with E-state index in [1.54, 1.807) is 12.4 Å². The van der Waals surface area contributed by atoms with E-state index in [0.717, 1.165) is 10.4 Å². The monoisotopic (exact) mass is 262 g/mol. The van der Waals surface area contributed by atoms with Crippen molar-refractivity contribution in [3.8, 4) is 0 Å². The summed E-state index contributed by atoms with van der Waals surface area (Å²) in [4.78, 5) is 16.8. The summed E-state index contributed by atoms with van der Waals surface area (Å²) in [6.45, 7) is 0.244. The molecule has 0 saturated carbocycles. The summed E-state index contributed by atoms with van der Waals surface area (Å²) in [5.41, 5.74) is 0.939. The molecule has 94 valence electrons. The van der Waals surface area contributed by atoms with Crippen LogP contribution in [0.1, 0.15) is 16.4 Å². The largest absolute Gasteiger partial charge is 0.395 e.